The van der Waals surface area contributed by atoms with Gasteiger partial charge in [0.2, 0.25) is 10.0 Å². The molecule has 8 heteroatoms. The first-order valence-corrected chi connectivity index (χ1v) is 8.92. The van der Waals surface area contributed by atoms with Crippen LogP contribution in [-0.2, 0) is 32.4 Å². The predicted octanol–water partition coefficient (Wildman–Crippen LogP) is 2.59. The summed E-state index contributed by atoms with van der Waals surface area (Å²) < 4.78 is 27.2. The fourth-order valence-electron chi connectivity index (χ4n) is 2.25. The molecule has 1 aromatic carbocycles. The van der Waals surface area contributed by atoms with E-state index in [1.807, 2.05) is 0 Å². The van der Waals surface area contributed by atoms with Crippen LogP contribution in [0.15, 0.2) is 23.1 Å². The van der Waals surface area contributed by atoms with Gasteiger partial charge < -0.3 is 0 Å². The summed E-state index contributed by atoms with van der Waals surface area (Å²) in [5.41, 5.74) is 0.936. The third kappa shape index (κ3) is 5.17. The van der Waals surface area contributed by atoms with E-state index in [-0.39, 0.29) is 27.3 Å². The maximum atomic E-state index is 12.3. The molecule has 0 saturated heterocycles. The fraction of sp³-hybridized carbons (Fsp3) is 0.571. The van der Waals surface area contributed by atoms with Gasteiger partial charge in [-0.05, 0) is 18.6 Å². The Kier molecular flexibility index (Phi) is 8.27. The maximum Gasteiger partial charge on any atom is 0.242 e. The third-order valence-electron chi connectivity index (χ3n) is 3.42. The molecule has 127 valence electrons. The molecule has 2 N–H and O–H groups in total. The van der Waals surface area contributed by atoms with E-state index in [1.165, 1.54) is 19.3 Å². The van der Waals surface area contributed by atoms with Gasteiger partial charge in [-0.15, -0.1) is 0 Å². The van der Waals surface area contributed by atoms with Crippen LogP contribution < -0.4 is 4.72 Å². The zero-order valence-electron chi connectivity index (χ0n) is 12.6. The Labute approximate surface area is 147 Å². The molecule has 6 nitrogen and oxygen atoms in total. The Morgan fingerprint density at radius 2 is 1.82 bits per heavy atom. The van der Waals surface area contributed by atoms with Crippen LogP contribution in [0.3, 0.4) is 0 Å². The number of unbranched alkanes of at least 4 members (excludes halogenated alkanes) is 5. The van der Waals surface area contributed by atoms with Gasteiger partial charge in [0, 0.05) is 28.9 Å². The second-order valence-corrected chi connectivity index (χ2v) is 6.85. The molecule has 0 amide bonds. The number of para-hydroxylation sites is 1. The fourth-order valence-corrected chi connectivity index (χ4v) is 3.48. The average molecular weight is 418 g/mol. The van der Waals surface area contributed by atoms with Crippen molar-refractivity contribution in [1.82, 2.24) is 20.1 Å². The molecular formula is C14H22AgN4O2S. The van der Waals surface area contributed by atoms with E-state index in [0.717, 1.165) is 19.3 Å². The first-order chi connectivity index (χ1) is 10.1. The molecule has 0 aliphatic heterocycles. The van der Waals surface area contributed by atoms with Crippen LogP contribution in [0.4, 0.5) is 0 Å². The van der Waals surface area contributed by atoms with Crippen LogP contribution in [0, 0.1) is 0 Å². The summed E-state index contributed by atoms with van der Waals surface area (Å²) in [6.45, 7) is 2.64. The number of nitrogens with zero attached hydrogens (tertiary/aromatic N) is 2. The minimum absolute atomic E-state index is 0. The number of H-pyrrole nitrogens is 1. The summed E-state index contributed by atoms with van der Waals surface area (Å²) in [6, 6.07) is 4.95. The van der Waals surface area contributed by atoms with Crippen LogP contribution in [0.5, 0.6) is 0 Å². The Hall–Kier alpha value is -0.730. The minimum Gasteiger partial charge on any atom is -0.211 e. The van der Waals surface area contributed by atoms with Crippen LogP contribution in [0.2, 0.25) is 0 Å². The molecular weight excluding hydrogens is 396 g/mol. The zero-order valence-corrected chi connectivity index (χ0v) is 14.9. The van der Waals surface area contributed by atoms with Crippen LogP contribution in [0.25, 0.3) is 11.0 Å². The van der Waals surface area contributed by atoms with E-state index in [4.69, 9.17) is 0 Å². The van der Waals surface area contributed by atoms with Crippen molar-refractivity contribution in [3.63, 3.8) is 0 Å². The summed E-state index contributed by atoms with van der Waals surface area (Å²) in [6.07, 6.45) is 6.76. The molecule has 22 heavy (non-hydrogen) atoms. The number of aromatic amines is 1. The predicted molar refractivity (Wildman–Crippen MR) is 82.5 cm³/mol. The Morgan fingerprint density at radius 3 is 2.59 bits per heavy atom. The van der Waals surface area contributed by atoms with Gasteiger partial charge >= 0.3 is 0 Å². The Balaban J connectivity index is 0.00000242. The summed E-state index contributed by atoms with van der Waals surface area (Å²) in [4.78, 5) is 0.180. The molecule has 0 spiro atoms. The number of sulfonamides is 1. The first kappa shape index (κ1) is 19.3. The SMILES string of the molecule is CCCCCCCCNS(=O)(=O)c1cccc2n[nH]nc12.[Ag]. The molecule has 0 saturated carbocycles. The van der Waals surface area contributed by atoms with Crippen molar-refractivity contribution in [2.75, 3.05) is 6.54 Å². The van der Waals surface area contributed by atoms with Crippen molar-refractivity contribution < 1.29 is 30.8 Å². The van der Waals surface area contributed by atoms with Gasteiger partial charge in [0.15, 0.2) is 0 Å². The van der Waals surface area contributed by atoms with E-state index < -0.39 is 10.0 Å². The maximum absolute atomic E-state index is 12.3. The molecule has 1 aromatic heterocycles. The minimum atomic E-state index is -3.53. The quantitative estimate of drug-likeness (QED) is 0.484. The molecule has 1 heterocycles. The standard InChI is InChI=1S/C14H22N4O2S.Ag/c1-2-3-4-5-6-7-11-15-21(19,20)13-10-8-9-12-14(13)17-18-16-12;/h8-10,15H,2-7,11H2,1H3,(H,16,17,18);. The van der Waals surface area contributed by atoms with Gasteiger partial charge in [0.1, 0.15) is 15.9 Å². The summed E-state index contributed by atoms with van der Waals surface area (Å²) >= 11 is 0. The number of nitrogens with one attached hydrogen (secondary N) is 2. The van der Waals surface area contributed by atoms with Crippen molar-refractivity contribution in [2.45, 2.75) is 50.3 Å². The molecule has 0 fully saturated rings. The largest absolute Gasteiger partial charge is 0.242 e. The van der Waals surface area contributed by atoms with Gasteiger partial charge in [0.25, 0.3) is 0 Å². The van der Waals surface area contributed by atoms with Crippen molar-refractivity contribution in [3.8, 4) is 0 Å². The van der Waals surface area contributed by atoms with Crippen LogP contribution >= 0.6 is 0 Å². The summed E-state index contributed by atoms with van der Waals surface area (Å²) in [7, 11) is -3.53. The monoisotopic (exact) mass is 417 g/mol. The van der Waals surface area contributed by atoms with E-state index in [2.05, 4.69) is 27.1 Å². The molecule has 2 rings (SSSR count). The topological polar surface area (TPSA) is 87.7 Å². The van der Waals surface area contributed by atoms with E-state index in [0.29, 0.717) is 17.6 Å². The van der Waals surface area contributed by atoms with Crippen molar-refractivity contribution >= 4 is 21.1 Å². The number of hydrogen-bond acceptors (Lipinski definition) is 4. The molecule has 0 atom stereocenters. The van der Waals surface area contributed by atoms with Crippen molar-refractivity contribution in [2.24, 2.45) is 0 Å². The van der Waals surface area contributed by atoms with Gasteiger partial charge in [0.05, 0.1) is 0 Å². The number of aromatic nitrogens is 3. The van der Waals surface area contributed by atoms with E-state index in [1.54, 1.807) is 18.2 Å². The van der Waals surface area contributed by atoms with Crippen LogP contribution in [-0.4, -0.2) is 30.4 Å². The average Bonchev–Trinajstić information content (AvgIpc) is 2.94. The number of benzene rings is 1. The molecule has 0 unspecified atom stereocenters. The second kappa shape index (κ2) is 9.42. The van der Waals surface area contributed by atoms with Gasteiger partial charge in [-0.1, -0.05) is 45.1 Å². The number of rotatable bonds is 9. The molecule has 0 bridgehead atoms. The Bertz CT molecular complexity index is 672. The second-order valence-electron chi connectivity index (χ2n) is 5.11. The first-order valence-electron chi connectivity index (χ1n) is 7.44. The van der Waals surface area contributed by atoms with Crippen molar-refractivity contribution in [3.05, 3.63) is 18.2 Å². The van der Waals surface area contributed by atoms with Crippen molar-refractivity contribution in [1.29, 1.82) is 0 Å². The number of fused-ring (bicyclic) bond motifs is 1. The molecule has 0 aliphatic rings. The van der Waals surface area contributed by atoms with E-state index >= 15 is 0 Å². The third-order valence-corrected chi connectivity index (χ3v) is 4.91. The molecule has 2 aromatic rings. The molecule has 0 aliphatic carbocycles. The zero-order chi connectivity index (χ0) is 15.1. The van der Waals surface area contributed by atoms with E-state index in [9.17, 15) is 8.42 Å². The number of hydrogen-bond donors (Lipinski definition) is 2. The van der Waals surface area contributed by atoms with Gasteiger partial charge in [-0.2, -0.15) is 15.4 Å². The summed E-state index contributed by atoms with van der Waals surface area (Å²) in [5.74, 6) is 0. The van der Waals surface area contributed by atoms with Gasteiger partial charge in [-0.3, -0.25) is 0 Å². The normalized spacial score (nSPS) is 11.5. The summed E-state index contributed by atoms with van der Waals surface area (Å²) in [5, 5.41) is 10.3. The smallest absolute Gasteiger partial charge is 0.211 e. The molecule has 1 radical (unpaired) electrons. The Morgan fingerprint density at radius 1 is 1.09 bits per heavy atom. The van der Waals surface area contributed by atoms with Crippen LogP contribution in [0.1, 0.15) is 45.4 Å². The van der Waals surface area contributed by atoms with Gasteiger partial charge in [-0.25, -0.2) is 13.1 Å².